The summed E-state index contributed by atoms with van der Waals surface area (Å²) < 4.78 is 56.4. The quantitative estimate of drug-likeness (QED) is 0.124. The molecule has 0 amide bonds. The van der Waals surface area contributed by atoms with Gasteiger partial charge in [-0.3, -0.25) is 0 Å². The van der Waals surface area contributed by atoms with Crippen LogP contribution in [-0.4, -0.2) is 79.6 Å². The molecular weight excluding hydrogens is 890 g/mol. The number of ether oxygens (including phenoxy) is 3. The highest BCUT2D eigenvalue weighted by Crippen LogP contribution is 2.30. The molecule has 0 aliphatic carbocycles. The molecule has 0 spiro atoms. The van der Waals surface area contributed by atoms with Crippen LogP contribution in [0.3, 0.4) is 0 Å². The summed E-state index contributed by atoms with van der Waals surface area (Å²) in [6.07, 6.45) is 4.42. The van der Waals surface area contributed by atoms with E-state index in [0.29, 0.717) is 91.8 Å². The van der Waals surface area contributed by atoms with E-state index in [1.807, 2.05) is 13.8 Å². The number of hydrogen-bond donors (Lipinski definition) is 3. The molecule has 0 saturated heterocycles. The topological polar surface area (TPSA) is 260 Å². The lowest BCUT2D eigenvalue weighted by atomic mass is 10.1. The Balaban J connectivity index is 0.000000145. The smallest absolute Gasteiger partial charge is 0.247 e. The SMILES string of the molecule is CCOc1nc(N)nc2ncc(-c3cc(Cl)cc(Cl)c3)nc12.CCOc1nc(N)nc2ncc(-c3ccc(F)c(F)c3)nc12.CCOc1nc(N)nc2ncc(-c3ccccc3F)nc12. The van der Waals surface area contributed by atoms with Gasteiger partial charge in [0.05, 0.1) is 55.5 Å². The summed E-state index contributed by atoms with van der Waals surface area (Å²) >= 11 is 12.0. The molecule has 0 unspecified atom stereocenters. The number of halogens is 5. The first-order valence-corrected chi connectivity index (χ1v) is 20.1. The van der Waals surface area contributed by atoms with Crippen LogP contribution in [0.4, 0.5) is 31.0 Å². The summed E-state index contributed by atoms with van der Waals surface area (Å²) in [5, 5.41) is 1.03. The Bertz CT molecular complexity index is 3170. The van der Waals surface area contributed by atoms with Crippen LogP contribution in [0.5, 0.6) is 17.6 Å². The molecule has 0 fully saturated rings. The van der Waals surface area contributed by atoms with Crippen LogP contribution in [0.15, 0.2) is 79.3 Å². The summed E-state index contributed by atoms with van der Waals surface area (Å²) in [4.78, 5) is 49.7. The molecule has 330 valence electrons. The number of nitrogens with two attached hydrogens (primary N) is 3. The minimum Gasteiger partial charge on any atom is -0.476 e. The zero-order valence-electron chi connectivity index (χ0n) is 34.3. The first-order valence-electron chi connectivity index (χ1n) is 19.3. The van der Waals surface area contributed by atoms with Gasteiger partial charge in [-0.05, 0) is 69.3 Å². The summed E-state index contributed by atoms with van der Waals surface area (Å²) in [5.41, 5.74) is 21.7. The Kier molecular flexibility index (Phi) is 13.9. The molecule has 0 aliphatic heterocycles. The number of benzene rings is 3. The molecule has 0 radical (unpaired) electrons. The minimum atomic E-state index is -0.960. The van der Waals surface area contributed by atoms with Crippen molar-refractivity contribution >= 4 is 74.5 Å². The fraction of sp³-hybridized carbons (Fsp3) is 0.143. The largest absolute Gasteiger partial charge is 0.476 e. The molecule has 6 aromatic heterocycles. The van der Waals surface area contributed by atoms with Crippen LogP contribution >= 0.6 is 23.2 Å². The summed E-state index contributed by atoms with van der Waals surface area (Å²) in [6.45, 7) is 6.65. The van der Waals surface area contributed by atoms with Crippen LogP contribution in [0.25, 0.3) is 67.3 Å². The monoisotopic (exact) mass is 923 g/mol. The lowest BCUT2D eigenvalue weighted by Crippen LogP contribution is -2.04. The molecule has 0 aliphatic rings. The predicted molar refractivity (Wildman–Crippen MR) is 238 cm³/mol. The van der Waals surface area contributed by atoms with Crippen molar-refractivity contribution < 1.29 is 27.4 Å². The van der Waals surface area contributed by atoms with Crippen molar-refractivity contribution in [3.05, 3.63) is 107 Å². The number of nitrogen functional groups attached to an aromatic ring is 3. The van der Waals surface area contributed by atoms with Crippen molar-refractivity contribution in [1.82, 2.24) is 59.8 Å². The molecule has 3 aromatic carbocycles. The van der Waals surface area contributed by atoms with Gasteiger partial charge in [-0.2, -0.15) is 29.9 Å². The summed E-state index contributed by atoms with van der Waals surface area (Å²) in [5.74, 6) is -1.37. The molecule has 0 atom stereocenters. The maximum absolute atomic E-state index is 13.8. The highest BCUT2D eigenvalue weighted by molar-refractivity contribution is 6.35. The molecule has 9 aromatic rings. The zero-order chi connectivity index (χ0) is 46.2. The maximum Gasteiger partial charge on any atom is 0.247 e. The van der Waals surface area contributed by atoms with E-state index in [9.17, 15) is 13.2 Å². The molecule has 6 N–H and O–H groups in total. The Hall–Kier alpha value is -7.91. The second-order valence-corrected chi connectivity index (χ2v) is 13.9. The number of rotatable bonds is 9. The van der Waals surface area contributed by atoms with Crippen LogP contribution < -0.4 is 31.4 Å². The highest BCUT2D eigenvalue weighted by atomic mass is 35.5. The fourth-order valence-corrected chi connectivity index (χ4v) is 6.37. The molecule has 6 heterocycles. The van der Waals surface area contributed by atoms with E-state index in [0.717, 1.165) is 17.7 Å². The number of aromatic nitrogens is 12. The van der Waals surface area contributed by atoms with Crippen LogP contribution in [0, 0.1) is 17.5 Å². The lowest BCUT2D eigenvalue weighted by molar-refractivity contribution is 0.330. The van der Waals surface area contributed by atoms with Crippen molar-refractivity contribution in [1.29, 1.82) is 0 Å². The summed E-state index contributed by atoms with van der Waals surface area (Å²) in [7, 11) is 0. The Morgan fingerprint density at radius 3 is 1.34 bits per heavy atom. The lowest BCUT2D eigenvalue weighted by Gasteiger charge is -2.08. The van der Waals surface area contributed by atoms with Crippen molar-refractivity contribution in [2.75, 3.05) is 37.0 Å². The van der Waals surface area contributed by atoms with E-state index in [-0.39, 0.29) is 41.1 Å². The van der Waals surface area contributed by atoms with Gasteiger partial charge >= 0.3 is 0 Å². The number of hydrogen-bond acceptors (Lipinski definition) is 18. The van der Waals surface area contributed by atoms with Crippen LogP contribution in [0.1, 0.15) is 20.8 Å². The molecule has 18 nitrogen and oxygen atoms in total. The van der Waals surface area contributed by atoms with Gasteiger partial charge in [0.25, 0.3) is 0 Å². The average molecular weight is 925 g/mol. The van der Waals surface area contributed by atoms with E-state index in [1.54, 1.807) is 49.5 Å². The first-order chi connectivity index (χ1) is 31.3. The van der Waals surface area contributed by atoms with E-state index in [2.05, 4.69) is 59.8 Å². The van der Waals surface area contributed by atoms with E-state index < -0.39 is 11.6 Å². The molecule has 0 bridgehead atoms. The van der Waals surface area contributed by atoms with Gasteiger partial charge < -0.3 is 31.4 Å². The fourth-order valence-electron chi connectivity index (χ4n) is 5.84. The van der Waals surface area contributed by atoms with Crippen LogP contribution in [0.2, 0.25) is 10.0 Å². The third-order valence-corrected chi connectivity index (χ3v) is 8.98. The second kappa shape index (κ2) is 20.1. The normalized spacial score (nSPS) is 10.8. The van der Waals surface area contributed by atoms with Crippen molar-refractivity contribution in [2.24, 2.45) is 0 Å². The Morgan fingerprint density at radius 2 is 0.892 bits per heavy atom. The molecule has 23 heteroatoms. The average Bonchev–Trinajstić information content (AvgIpc) is 3.27. The van der Waals surface area contributed by atoms with Crippen molar-refractivity contribution in [2.45, 2.75) is 20.8 Å². The van der Waals surface area contributed by atoms with Gasteiger partial charge in [-0.1, -0.05) is 35.3 Å². The van der Waals surface area contributed by atoms with E-state index >= 15 is 0 Å². The van der Waals surface area contributed by atoms with Crippen molar-refractivity contribution in [3.63, 3.8) is 0 Å². The van der Waals surface area contributed by atoms with Gasteiger partial charge in [0.2, 0.25) is 35.5 Å². The Labute approximate surface area is 376 Å². The molecular formula is C42H34Cl2F3N15O3. The maximum atomic E-state index is 13.8. The van der Waals surface area contributed by atoms with Gasteiger partial charge in [-0.25, -0.2) is 43.1 Å². The van der Waals surface area contributed by atoms with Gasteiger partial charge in [-0.15, -0.1) is 0 Å². The molecule has 9 rings (SSSR count). The van der Waals surface area contributed by atoms with E-state index in [1.165, 1.54) is 24.5 Å². The predicted octanol–water partition coefficient (Wildman–Crippen LogP) is 7.93. The molecule has 65 heavy (non-hydrogen) atoms. The first kappa shape index (κ1) is 45.1. The molecule has 0 saturated carbocycles. The number of anilines is 3. The zero-order valence-corrected chi connectivity index (χ0v) is 35.9. The number of fused-ring (bicyclic) bond motifs is 3. The second-order valence-electron chi connectivity index (χ2n) is 13.0. The minimum absolute atomic E-state index is 0.0193. The van der Waals surface area contributed by atoms with Gasteiger partial charge in [0, 0.05) is 26.7 Å². The van der Waals surface area contributed by atoms with Gasteiger partial charge in [0.1, 0.15) is 5.82 Å². The van der Waals surface area contributed by atoms with E-state index in [4.69, 9.17) is 54.6 Å². The van der Waals surface area contributed by atoms with Crippen molar-refractivity contribution in [3.8, 4) is 51.4 Å². The third-order valence-electron chi connectivity index (χ3n) is 8.54. The Morgan fingerprint density at radius 1 is 0.462 bits per heavy atom. The standard InChI is InChI=1S/C14H11Cl2N5O.C14H11F2N5O.C14H12FN5O/c1-2-22-13-11-12(20-14(17)21-13)18-6-10(19-11)7-3-8(15)5-9(16)4-7;1-2-22-13-11-12(20-14(17)21-13)18-6-10(19-11)7-3-4-8(15)9(16)5-7;1-2-21-13-11-12(19-14(16)20-13)17-7-10(18-11)8-5-3-4-6-9(8)15/h2*3-6H,2H2,1H3,(H2,17,18,20,21);3-7H,2H2,1H3,(H2,16,17,19,20). The summed E-state index contributed by atoms with van der Waals surface area (Å²) in [6, 6.07) is 15.0. The van der Waals surface area contributed by atoms with Crippen LogP contribution in [-0.2, 0) is 0 Å². The number of nitrogens with zero attached hydrogens (tertiary/aromatic N) is 12. The van der Waals surface area contributed by atoms with Gasteiger partial charge in [0.15, 0.2) is 45.1 Å². The third kappa shape index (κ3) is 10.7. The highest BCUT2D eigenvalue weighted by Gasteiger charge is 2.16.